The van der Waals surface area contributed by atoms with Crippen molar-refractivity contribution in [2.24, 2.45) is 0 Å². The van der Waals surface area contributed by atoms with E-state index >= 15 is 0 Å². The van der Waals surface area contributed by atoms with Gasteiger partial charge in [0.25, 0.3) is 5.91 Å². The molecule has 1 aromatic carbocycles. The first kappa shape index (κ1) is 19.4. The van der Waals surface area contributed by atoms with Crippen LogP contribution in [0.3, 0.4) is 0 Å². The molecule has 6 heteroatoms. The van der Waals surface area contributed by atoms with Gasteiger partial charge >= 0.3 is 5.97 Å². The molecule has 0 saturated heterocycles. The number of unbranched alkanes of at least 4 members (excludes halogenated alkanes) is 2. The third-order valence-corrected chi connectivity index (χ3v) is 3.77. The summed E-state index contributed by atoms with van der Waals surface area (Å²) < 4.78 is 5.07. The van der Waals surface area contributed by atoms with Gasteiger partial charge in [0.05, 0.1) is 35.3 Å². The first-order valence-electron chi connectivity index (χ1n) is 8.92. The molecule has 1 aromatic heterocycles. The van der Waals surface area contributed by atoms with Crippen molar-refractivity contribution in [1.82, 2.24) is 10.3 Å². The number of nitrogens with zero attached hydrogens (tertiary/aromatic N) is 1. The van der Waals surface area contributed by atoms with Gasteiger partial charge in [0, 0.05) is 12.7 Å². The fourth-order valence-corrected chi connectivity index (χ4v) is 2.45. The lowest BCUT2D eigenvalue weighted by atomic mass is 10.1. The normalized spacial score (nSPS) is 10.2. The summed E-state index contributed by atoms with van der Waals surface area (Å²) in [5.74, 6) is -0.552. The zero-order valence-electron chi connectivity index (χ0n) is 15.2. The highest BCUT2D eigenvalue weighted by atomic mass is 16.5. The second-order valence-corrected chi connectivity index (χ2v) is 5.82. The SMILES string of the molecule is CCCCCNC(=O)c1cncc(Nc2ccccc2C(=O)OCC)c1. The van der Waals surface area contributed by atoms with Crippen LogP contribution in [0.25, 0.3) is 0 Å². The zero-order valence-corrected chi connectivity index (χ0v) is 15.2. The van der Waals surface area contributed by atoms with Crippen molar-refractivity contribution in [1.29, 1.82) is 0 Å². The van der Waals surface area contributed by atoms with E-state index in [1.807, 2.05) is 6.07 Å². The summed E-state index contributed by atoms with van der Waals surface area (Å²) >= 11 is 0. The van der Waals surface area contributed by atoms with Gasteiger partial charge in [-0.1, -0.05) is 31.9 Å². The van der Waals surface area contributed by atoms with Crippen LogP contribution in [0.15, 0.2) is 42.7 Å². The molecule has 0 aliphatic carbocycles. The minimum absolute atomic E-state index is 0.157. The van der Waals surface area contributed by atoms with E-state index in [0.717, 1.165) is 19.3 Å². The Morgan fingerprint density at radius 3 is 2.69 bits per heavy atom. The van der Waals surface area contributed by atoms with Gasteiger partial charge in [-0.05, 0) is 31.5 Å². The second-order valence-electron chi connectivity index (χ2n) is 5.82. The first-order chi connectivity index (χ1) is 12.7. The number of rotatable bonds is 9. The molecule has 0 bridgehead atoms. The molecule has 0 spiro atoms. The number of nitrogens with one attached hydrogen (secondary N) is 2. The van der Waals surface area contributed by atoms with Crippen molar-refractivity contribution in [2.45, 2.75) is 33.1 Å². The second kappa shape index (κ2) is 10.2. The largest absolute Gasteiger partial charge is 0.462 e. The van der Waals surface area contributed by atoms with Crippen molar-refractivity contribution in [3.63, 3.8) is 0 Å². The van der Waals surface area contributed by atoms with Gasteiger partial charge in [-0.3, -0.25) is 9.78 Å². The molecule has 1 amide bonds. The number of amides is 1. The van der Waals surface area contributed by atoms with Crippen molar-refractivity contribution in [2.75, 3.05) is 18.5 Å². The Labute approximate surface area is 154 Å². The number of hydrogen-bond acceptors (Lipinski definition) is 5. The van der Waals surface area contributed by atoms with Crippen LogP contribution in [0, 0.1) is 0 Å². The van der Waals surface area contributed by atoms with Crippen molar-refractivity contribution < 1.29 is 14.3 Å². The van der Waals surface area contributed by atoms with E-state index in [-0.39, 0.29) is 5.91 Å². The van der Waals surface area contributed by atoms with E-state index < -0.39 is 5.97 Å². The summed E-state index contributed by atoms with van der Waals surface area (Å²) in [6.07, 6.45) is 6.29. The highest BCUT2D eigenvalue weighted by Gasteiger charge is 2.13. The fourth-order valence-electron chi connectivity index (χ4n) is 2.45. The average molecular weight is 355 g/mol. The van der Waals surface area contributed by atoms with Crippen LogP contribution in [0.1, 0.15) is 53.8 Å². The Kier molecular flexibility index (Phi) is 7.61. The number of hydrogen-bond donors (Lipinski definition) is 2. The Morgan fingerprint density at radius 2 is 1.92 bits per heavy atom. The smallest absolute Gasteiger partial charge is 0.340 e. The first-order valence-corrected chi connectivity index (χ1v) is 8.92. The number of carbonyl (C=O) groups excluding carboxylic acids is 2. The van der Waals surface area contributed by atoms with Gasteiger partial charge in [0.1, 0.15) is 0 Å². The Hall–Kier alpha value is -2.89. The van der Waals surface area contributed by atoms with Crippen LogP contribution in [0.4, 0.5) is 11.4 Å². The molecule has 0 aliphatic heterocycles. The van der Waals surface area contributed by atoms with E-state index in [2.05, 4.69) is 22.5 Å². The minimum Gasteiger partial charge on any atom is -0.462 e. The molecule has 2 N–H and O–H groups in total. The molecule has 0 saturated carbocycles. The predicted octanol–water partition coefficient (Wildman–Crippen LogP) is 3.92. The lowest BCUT2D eigenvalue weighted by Gasteiger charge is -2.12. The number of para-hydroxylation sites is 1. The average Bonchev–Trinajstić information content (AvgIpc) is 2.66. The Bertz CT molecular complexity index is 747. The molecule has 0 atom stereocenters. The molecule has 0 fully saturated rings. The predicted molar refractivity (Wildman–Crippen MR) is 102 cm³/mol. The summed E-state index contributed by atoms with van der Waals surface area (Å²) in [6.45, 7) is 4.84. The van der Waals surface area contributed by atoms with Crippen LogP contribution in [0.2, 0.25) is 0 Å². The van der Waals surface area contributed by atoms with E-state index in [9.17, 15) is 9.59 Å². The topological polar surface area (TPSA) is 80.3 Å². The number of aromatic nitrogens is 1. The monoisotopic (exact) mass is 355 g/mol. The number of benzene rings is 1. The quantitative estimate of drug-likeness (QED) is 0.526. The van der Waals surface area contributed by atoms with Crippen molar-refractivity contribution in [3.05, 3.63) is 53.9 Å². The molecule has 6 nitrogen and oxygen atoms in total. The number of ether oxygens (including phenoxy) is 1. The van der Waals surface area contributed by atoms with Crippen LogP contribution in [0.5, 0.6) is 0 Å². The van der Waals surface area contributed by atoms with Gasteiger partial charge < -0.3 is 15.4 Å². The molecule has 0 unspecified atom stereocenters. The van der Waals surface area contributed by atoms with Gasteiger partial charge in [-0.2, -0.15) is 0 Å². The summed E-state index contributed by atoms with van der Waals surface area (Å²) in [6, 6.07) is 8.78. The third kappa shape index (κ3) is 5.58. The lowest BCUT2D eigenvalue weighted by Crippen LogP contribution is -2.24. The highest BCUT2D eigenvalue weighted by Crippen LogP contribution is 2.21. The van der Waals surface area contributed by atoms with Gasteiger partial charge in [0.2, 0.25) is 0 Å². The van der Waals surface area contributed by atoms with E-state index in [1.165, 1.54) is 6.20 Å². The van der Waals surface area contributed by atoms with Crippen molar-refractivity contribution >= 4 is 23.3 Å². The van der Waals surface area contributed by atoms with Gasteiger partial charge in [0.15, 0.2) is 0 Å². The number of esters is 1. The molecule has 0 aliphatic rings. The maximum Gasteiger partial charge on any atom is 0.340 e. The number of carbonyl (C=O) groups is 2. The summed E-state index contributed by atoms with van der Waals surface area (Å²) in [4.78, 5) is 28.4. The van der Waals surface area contributed by atoms with Crippen LogP contribution < -0.4 is 10.6 Å². The lowest BCUT2D eigenvalue weighted by molar-refractivity contribution is 0.0527. The fraction of sp³-hybridized carbons (Fsp3) is 0.350. The molecule has 2 aromatic rings. The molecule has 26 heavy (non-hydrogen) atoms. The molecule has 2 rings (SSSR count). The highest BCUT2D eigenvalue weighted by molar-refractivity contribution is 5.97. The van der Waals surface area contributed by atoms with Gasteiger partial charge in [-0.25, -0.2) is 4.79 Å². The summed E-state index contributed by atoms with van der Waals surface area (Å²) in [5, 5.41) is 6.03. The molecule has 138 valence electrons. The minimum atomic E-state index is -0.395. The van der Waals surface area contributed by atoms with Gasteiger partial charge in [-0.15, -0.1) is 0 Å². The number of pyridine rings is 1. The standard InChI is InChI=1S/C20H25N3O3/c1-3-5-8-11-22-19(24)15-12-16(14-21-13-15)23-18-10-7-6-9-17(18)20(25)26-4-2/h6-7,9-10,12-14,23H,3-5,8,11H2,1-2H3,(H,22,24). The number of anilines is 2. The van der Waals surface area contributed by atoms with Crippen LogP contribution >= 0.6 is 0 Å². The molecule has 1 heterocycles. The maximum atomic E-state index is 12.2. The van der Waals surface area contributed by atoms with Crippen LogP contribution in [-0.4, -0.2) is 30.0 Å². The zero-order chi connectivity index (χ0) is 18.8. The van der Waals surface area contributed by atoms with E-state index in [4.69, 9.17) is 4.74 Å². The van der Waals surface area contributed by atoms with E-state index in [1.54, 1.807) is 37.4 Å². The summed E-state index contributed by atoms with van der Waals surface area (Å²) in [5.41, 5.74) is 2.14. The van der Waals surface area contributed by atoms with Crippen LogP contribution in [-0.2, 0) is 4.74 Å². The van der Waals surface area contributed by atoms with E-state index in [0.29, 0.717) is 35.7 Å². The maximum absolute atomic E-state index is 12.2. The third-order valence-electron chi connectivity index (χ3n) is 3.77. The molecule has 0 radical (unpaired) electrons. The molecular formula is C20H25N3O3. The summed E-state index contributed by atoms with van der Waals surface area (Å²) in [7, 11) is 0. The Balaban J connectivity index is 2.09. The van der Waals surface area contributed by atoms with Crippen molar-refractivity contribution in [3.8, 4) is 0 Å². The molecular weight excluding hydrogens is 330 g/mol. The Morgan fingerprint density at radius 1 is 1.12 bits per heavy atom.